The Labute approximate surface area is 76.7 Å². The molecule has 0 heterocycles. The van der Waals surface area contributed by atoms with E-state index in [1.54, 1.807) is 0 Å². The maximum atomic E-state index is 3.68. The van der Waals surface area contributed by atoms with Crippen LogP contribution in [-0.2, 0) is 0 Å². The smallest absolute Gasteiger partial charge is 0.0348 e. The van der Waals surface area contributed by atoms with Crippen LogP contribution in [0.1, 0.15) is 38.5 Å². The molecule has 0 aliphatic rings. The highest BCUT2D eigenvalue weighted by molar-refractivity contribution is 4.83. The van der Waals surface area contributed by atoms with Gasteiger partial charge in [-0.25, -0.2) is 0 Å². The lowest BCUT2D eigenvalue weighted by Crippen LogP contribution is -1.70. The van der Waals surface area contributed by atoms with Crippen molar-refractivity contribution < 1.29 is 0 Å². The molecule has 0 aliphatic carbocycles. The molecule has 0 N–H and O–H groups in total. The monoisotopic (exact) mass is 164 g/mol. The van der Waals surface area contributed by atoms with Crippen molar-refractivity contribution in [1.82, 2.24) is 0 Å². The Morgan fingerprint density at radius 3 is 1.42 bits per heavy atom. The van der Waals surface area contributed by atoms with Gasteiger partial charge in [-0.2, -0.15) is 0 Å². The molecular formula is C12H20. The van der Waals surface area contributed by atoms with Gasteiger partial charge in [0, 0.05) is 0 Å². The van der Waals surface area contributed by atoms with Crippen LogP contribution in [0.2, 0.25) is 0 Å². The Morgan fingerprint density at radius 2 is 1.08 bits per heavy atom. The van der Waals surface area contributed by atoms with E-state index in [9.17, 15) is 0 Å². The Kier molecular flexibility index (Phi) is 9.56. The van der Waals surface area contributed by atoms with E-state index in [0.717, 1.165) is 12.8 Å². The third kappa shape index (κ3) is 9.22. The molecule has 0 heteroatoms. The largest absolute Gasteiger partial charge is 0.103 e. The summed E-state index contributed by atoms with van der Waals surface area (Å²) < 4.78 is 0. The van der Waals surface area contributed by atoms with E-state index < -0.39 is 0 Å². The summed E-state index contributed by atoms with van der Waals surface area (Å²) in [6.45, 7) is 7.37. The molecule has 68 valence electrons. The quantitative estimate of drug-likeness (QED) is 0.371. The van der Waals surface area contributed by atoms with Crippen molar-refractivity contribution >= 4 is 0 Å². The van der Waals surface area contributed by atoms with Crippen LogP contribution in [0.25, 0.3) is 0 Å². The average molecular weight is 164 g/mol. The molecule has 0 saturated carbocycles. The van der Waals surface area contributed by atoms with Gasteiger partial charge in [0.15, 0.2) is 0 Å². The summed E-state index contributed by atoms with van der Waals surface area (Å²) in [7, 11) is 0. The zero-order chi connectivity index (χ0) is 9.07. The Hall–Kier alpha value is -0.780. The minimum absolute atomic E-state index is 1.14. The molecule has 0 spiro atoms. The summed E-state index contributed by atoms with van der Waals surface area (Å²) in [5.41, 5.74) is 0. The van der Waals surface area contributed by atoms with Gasteiger partial charge in [0.1, 0.15) is 0 Å². The third-order valence-corrected chi connectivity index (χ3v) is 1.72. The topological polar surface area (TPSA) is 0 Å². The fourth-order valence-corrected chi connectivity index (χ4v) is 0.996. The molecule has 0 atom stereocenters. The van der Waals surface area contributed by atoms with Gasteiger partial charge >= 0.3 is 0 Å². The lowest BCUT2D eigenvalue weighted by Gasteiger charge is -1.90. The molecular weight excluding hydrogens is 144 g/mol. The van der Waals surface area contributed by atoms with Crippen LogP contribution in [0, 0.1) is 0 Å². The second-order valence-electron chi connectivity index (χ2n) is 2.91. The molecule has 0 aromatic carbocycles. The molecule has 0 aromatic heterocycles. The van der Waals surface area contributed by atoms with Crippen LogP contribution in [-0.4, -0.2) is 0 Å². The molecule has 0 nitrogen and oxygen atoms in total. The number of rotatable bonds is 8. The van der Waals surface area contributed by atoms with Crippen molar-refractivity contribution in [3.8, 4) is 0 Å². The van der Waals surface area contributed by atoms with E-state index in [4.69, 9.17) is 0 Å². The molecule has 0 bridgehead atoms. The lowest BCUT2D eigenvalue weighted by atomic mass is 10.2. The van der Waals surface area contributed by atoms with Gasteiger partial charge in [-0.05, 0) is 38.5 Å². The Morgan fingerprint density at radius 1 is 0.667 bits per heavy atom. The first-order valence-corrected chi connectivity index (χ1v) is 4.78. The molecule has 0 rings (SSSR count). The van der Waals surface area contributed by atoms with Gasteiger partial charge in [0.25, 0.3) is 0 Å². The first-order chi connectivity index (χ1) is 5.91. The Balaban J connectivity index is 3.02. The third-order valence-electron chi connectivity index (χ3n) is 1.72. The van der Waals surface area contributed by atoms with E-state index >= 15 is 0 Å². The van der Waals surface area contributed by atoms with Crippen LogP contribution < -0.4 is 0 Å². The van der Waals surface area contributed by atoms with Crippen molar-refractivity contribution in [1.29, 1.82) is 0 Å². The van der Waals surface area contributed by atoms with Crippen LogP contribution in [0.4, 0.5) is 0 Å². The molecule has 0 unspecified atom stereocenters. The van der Waals surface area contributed by atoms with Crippen LogP contribution in [0.3, 0.4) is 0 Å². The first-order valence-electron chi connectivity index (χ1n) is 4.78. The molecule has 0 aliphatic heterocycles. The van der Waals surface area contributed by atoms with Crippen LogP contribution in [0.15, 0.2) is 37.5 Å². The molecule has 0 saturated heterocycles. The maximum Gasteiger partial charge on any atom is -0.0348 e. The standard InChI is InChI=1S/C12H20/c1-3-5-7-9-11-12-10-8-6-4-2/h3-4,11-12H,1-2,5-10H2/b12-11+. The van der Waals surface area contributed by atoms with Crippen LogP contribution in [0.5, 0.6) is 0 Å². The summed E-state index contributed by atoms with van der Waals surface area (Å²) in [6, 6.07) is 0. The SMILES string of the molecule is C=CCCC/C=C/CCCC=C. The zero-order valence-electron chi connectivity index (χ0n) is 7.97. The molecule has 0 amide bonds. The summed E-state index contributed by atoms with van der Waals surface area (Å²) >= 11 is 0. The summed E-state index contributed by atoms with van der Waals surface area (Å²) in [5, 5.41) is 0. The predicted octanol–water partition coefficient (Wildman–Crippen LogP) is 4.26. The molecule has 12 heavy (non-hydrogen) atoms. The van der Waals surface area contributed by atoms with E-state index in [1.165, 1.54) is 25.7 Å². The highest BCUT2D eigenvalue weighted by Crippen LogP contribution is 2.00. The second kappa shape index (κ2) is 10.2. The molecule has 0 radical (unpaired) electrons. The Bertz CT molecular complexity index is 115. The zero-order valence-corrected chi connectivity index (χ0v) is 7.97. The van der Waals surface area contributed by atoms with Gasteiger partial charge in [0.2, 0.25) is 0 Å². The van der Waals surface area contributed by atoms with E-state index in [1.807, 2.05) is 12.2 Å². The minimum atomic E-state index is 1.14. The highest BCUT2D eigenvalue weighted by Gasteiger charge is 1.80. The van der Waals surface area contributed by atoms with Gasteiger partial charge < -0.3 is 0 Å². The number of allylic oxidation sites excluding steroid dienone is 4. The van der Waals surface area contributed by atoms with Gasteiger partial charge in [0.05, 0.1) is 0 Å². The van der Waals surface area contributed by atoms with E-state index in [0.29, 0.717) is 0 Å². The summed E-state index contributed by atoms with van der Waals surface area (Å²) in [4.78, 5) is 0. The summed E-state index contributed by atoms with van der Waals surface area (Å²) in [5.74, 6) is 0. The average Bonchev–Trinajstić information content (AvgIpc) is 2.10. The minimum Gasteiger partial charge on any atom is -0.103 e. The number of unbranched alkanes of at least 4 members (excludes halogenated alkanes) is 4. The van der Waals surface area contributed by atoms with Gasteiger partial charge in [-0.15, -0.1) is 13.2 Å². The lowest BCUT2D eigenvalue weighted by molar-refractivity contribution is 0.842. The van der Waals surface area contributed by atoms with Crippen molar-refractivity contribution in [2.75, 3.05) is 0 Å². The number of hydrogen-bond donors (Lipinski definition) is 0. The van der Waals surface area contributed by atoms with Gasteiger partial charge in [-0.1, -0.05) is 24.3 Å². The fourth-order valence-electron chi connectivity index (χ4n) is 0.996. The predicted molar refractivity (Wildman–Crippen MR) is 57.2 cm³/mol. The number of hydrogen-bond acceptors (Lipinski definition) is 0. The van der Waals surface area contributed by atoms with Gasteiger partial charge in [-0.3, -0.25) is 0 Å². The van der Waals surface area contributed by atoms with Crippen LogP contribution >= 0.6 is 0 Å². The van der Waals surface area contributed by atoms with Crippen molar-refractivity contribution in [2.45, 2.75) is 38.5 Å². The molecule has 0 fully saturated rings. The normalized spacial score (nSPS) is 10.3. The fraction of sp³-hybridized carbons (Fsp3) is 0.500. The molecule has 0 aromatic rings. The van der Waals surface area contributed by atoms with Crippen molar-refractivity contribution in [3.05, 3.63) is 37.5 Å². The maximum absolute atomic E-state index is 3.68. The highest BCUT2D eigenvalue weighted by atomic mass is 13.9. The van der Waals surface area contributed by atoms with E-state index in [-0.39, 0.29) is 0 Å². The van der Waals surface area contributed by atoms with Crippen molar-refractivity contribution in [2.24, 2.45) is 0 Å². The van der Waals surface area contributed by atoms with E-state index in [2.05, 4.69) is 25.3 Å². The summed E-state index contributed by atoms with van der Waals surface area (Å²) in [6.07, 6.45) is 15.6. The van der Waals surface area contributed by atoms with Crippen molar-refractivity contribution in [3.63, 3.8) is 0 Å². The second-order valence-corrected chi connectivity index (χ2v) is 2.91. The first kappa shape index (κ1) is 11.2.